The molecule has 0 spiro atoms. The molecule has 1 aromatic carbocycles. The van der Waals surface area contributed by atoms with E-state index in [1.165, 1.54) is 6.07 Å². The number of nitro benzene ring substituents is 1. The SMILES string of the molecule is CC1CCC(O)(CNCc2c(Cl)cccc2[N+](=O)[O-])CC1. The van der Waals surface area contributed by atoms with Gasteiger partial charge < -0.3 is 10.4 Å². The summed E-state index contributed by atoms with van der Waals surface area (Å²) < 4.78 is 0. The molecule has 5 nitrogen and oxygen atoms in total. The van der Waals surface area contributed by atoms with Crippen molar-refractivity contribution in [1.29, 1.82) is 0 Å². The fraction of sp³-hybridized carbons (Fsp3) is 0.600. The molecule has 1 aliphatic carbocycles. The van der Waals surface area contributed by atoms with E-state index >= 15 is 0 Å². The third-order valence-corrected chi connectivity index (χ3v) is 4.61. The van der Waals surface area contributed by atoms with E-state index in [9.17, 15) is 15.2 Å². The van der Waals surface area contributed by atoms with E-state index in [-0.39, 0.29) is 12.2 Å². The predicted octanol–water partition coefficient (Wildman–Crippen LogP) is 3.28. The highest BCUT2D eigenvalue weighted by molar-refractivity contribution is 6.31. The van der Waals surface area contributed by atoms with Gasteiger partial charge in [0.2, 0.25) is 0 Å². The second-order valence-electron chi connectivity index (χ2n) is 6.01. The highest BCUT2D eigenvalue weighted by atomic mass is 35.5. The summed E-state index contributed by atoms with van der Waals surface area (Å²) in [6, 6.07) is 4.66. The third-order valence-electron chi connectivity index (χ3n) is 4.25. The van der Waals surface area contributed by atoms with Crippen LogP contribution >= 0.6 is 11.6 Å². The van der Waals surface area contributed by atoms with Crippen LogP contribution in [0.3, 0.4) is 0 Å². The van der Waals surface area contributed by atoms with Crippen LogP contribution in [0.2, 0.25) is 5.02 Å². The van der Waals surface area contributed by atoms with Gasteiger partial charge in [0, 0.05) is 19.2 Å². The minimum Gasteiger partial charge on any atom is -0.389 e. The second-order valence-corrected chi connectivity index (χ2v) is 6.41. The summed E-state index contributed by atoms with van der Waals surface area (Å²) in [4.78, 5) is 10.6. The van der Waals surface area contributed by atoms with E-state index in [2.05, 4.69) is 12.2 Å². The molecule has 21 heavy (non-hydrogen) atoms. The van der Waals surface area contributed by atoms with Crippen molar-refractivity contribution in [3.8, 4) is 0 Å². The first-order valence-corrected chi connectivity index (χ1v) is 7.64. The van der Waals surface area contributed by atoms with E-state index in [1.54, 1.807) is 12.1 Å². The quantitative estimate of drug-likeness (QED) is 0.646. The van der Waals surface area contributed by atoms with E-state index in [4.69, 9.17) is 11.6 Å². The maximum absolute atomic E-state index is 11.0. The number of nitro groups is 1. The fourth-order valence-corrected chi connectivity index (χ4v) is 3.03. The molecule has 0 unspecified atom stereocenters. The van der Waals surface area contributed by atoms with Gasteiger partial charge in [0.15, 0.2) is 0 Å². The number of benzene rings is 1. The van der Waals surface area contributed by atoms with Crippen LogP contribution in [-0.2, 0) is 6.54 Å². The molecule has 1 aliphatic rings. The van der Waals surface area contributed by atoms with E-state index < -0.39 is 10.5 Å². The lowest BCUT2D eigenvalue weighted by atomic mass is 9.79. The number of hydrogen-bond acceptors (Lipinski definition) is 4. The number of aliphatic hydroxyl groups is 1. The average Bonchev–Trinajstić information content (AvgIpc) is 2.44. The van der Waals surface area contributed by atoms with Crippen LogP contribution in [0.25, 0.3) is 0 Å². The van der Waals surface area contributed by atoms with E-state index in [0.29, 0.717) is 23.0 Å². The monoisotopic (exact) mass is 312 g/mol. The van der Waals surface area contributed by atoms with Gasteiger partial charge in [-0.3, -0.25) is 10.1 Å². The largest absolute Gasteiger partial charge is 0.389 e. The lowest BCUT2D eigenvalue weighted by molar-refractivity contribution is -0.385. The average molecular weight is 313 g/mol. The summed E-state index contributed by atoms with van der Waals surface area (Å²) >= 11 is 6.04. The molecule has 2 N–H and O–H groups in total. The molecule has 0 saturated heterocycles. The molecule has 0 radical (unpaired) electrons. The minimum atomic E-state index is -0.706. The molecule has 6 heteroatoms. The summed E-state index contributed by atoms with van der Waals surface area (Å²) in [6.07, 6.45) is 3.58. The number of hydrogen-bond donors (Lipinski definition) is 2. The number of halogens is 1. The van der Waals surface area contributed by atoms with Gasteiger partial charge in [0.05, 0.1) is 21.1 Å². The summed E-state index contributed by atoms with van der Waals surface area (Å²) in [5.74, 6) is 0.662. The molecule has 1 fully saturated rings. The normalized spacial score (nSPS) is 25.8. The van der Waals surface area contributed by atoms with Crippen LogP contribution < -0.4 is 5.32 Å². The van der Waals surface area contributed by atoms with Crippen LogP contribution in [-0.4, -0.2) is 22.2 Å². The molecule has 0 heterocycles. The lowest BCUT2D eigenvalue weighted by Gasteiger charge is -2.35. The van der Waals surface area contributed by atoms with Gasteiger partial charge >= 0.3 is 0 Å². The molecule has 1 saturated carbocycles. The molecular formula is C15H21ClN2O3. The van der Waals surface area contributed by atoms with E-state index in [1.807, 2.05) is 0 Å². The summed E-state index contributed by atoms with van der Waals surface area (Å²) in [7, 11) is 0. The van der Waals surface area contributed by atoms with E-state index in [0.717, 1.165) is 25.7 Å². The van der Waals surface area contributed by atoms with Crippen molar-refractivity contribution >= 4 is 17.3 Å². The highest BCUT2D eigenvalue weighted by Crippen LogP contribution is 2.31. The van der Waals surface area contributed by atoms with Crippen LogP contribution in [0.4, 0.5) is 5.69 Å². The number of rotatable bonds is 5. The van der Waals surface area contributed by atoms with Crippen molar-refractivity contribution in [1.82, 2.24) is 5.32 Å². The van der Waals surface area contributed by atoms with Crippen molar-refractivity contribution in [3.05, 3.63) is 38.9 Å². The van der Waals surface area contributed by atoms with Crippen molar-refractivity contribution in [2.75, 3.05) is 6.54 Å². The topological polar surface area (TPSA) is 75.4 Å². The van der Waals surface area contributed by atoms with Gasteiger partial charge in [0.1, 0.15) is 0 Å². The maximum Gasteiger partial charge on any atom is 0.275 e. The summed E-state index contributed by atoms with van der Waals surface area (Å²) in [5.41, 5.74) is -0.223. The molecule has 0 aromatic heterocycles. The lowest BCUT2D eigenvalue weighted by Crippen LogP contribution is -2.43. The molecule has 0 amide bonds. The van der Waals surface area contributed by atoms with Crippen LogP contribution in [0.15, 0.2) is 18.2 Å². The zero-order chi connectivity index (χ0) is 15.5. The molecule has 0 bridgehead atoms. The Balaban J connectivity index is 1.96. The maximum atomic E-state index is 11.0. The number of nitrogens with zero attached hydrogens (tertiary/aromatic N) is 1. The van der Waals surface area contributed by atoms with Crippen molar-refractivity contribution < 1.29 is 10.0 Å². The van der Waals surface area contributed by atoms with Gasteiger partial charge in [0.25, 0.3) is 5.69 Å². The van der Waals surface area contributed by atoms with Crippen molar-refractivity contribution in [2.24, 2.45) is 5.92 Å². The third kappa shape index (κ3) is 4.15. The Morgan fingerprint density at radius 3 is 2.76 bits per heavy atom. The Morgan fingerprint density at radius 1 is 1.48 bits per heavy atom. The van der Waals surface area contributed by atoms with Gasteiger partial charge in [-0.25, -0.2) is 0 Å². The zero-order valence-electron chi connectivity index (χ0n) is 12.1. The predicted molar refractivity (Wildman–Crippen MR) is 82.4 cm³/mol. The summed E-state index contributed by atoms with van der Waals surface area (Å²) in [6.45, 7) is 2.91. The van der Waals surface area contributed by atoms with Gasteiger partial charge in [-0.2, -0.15) is 0 Å². The number of nitrogens with one attached hydrogen (secondary N) is 1. The highest BCUT2D eigenvalue weighted by Gasteiger charge is 2.31. The molecule has 0 atom stereocenters. The van der Waals surface area contributed by atoms with Crippen molar-refractivity contribution in [3.63, 3.8) is 0 Å². The summed E-state index contributed by atoms with van der Waals surface area (Å²) in [5, 5.41) is 25.0. The second kappa shape index (κ2) is 6.73. The van der Waals surface area contributed by atoms with Crippen molar-refractivity contribution in [2.45, 2.75) is 44.8 Å². The Kier molecular flexibility index (Phi) is 5.19. The Labute approximate surface area is 129 Å². The van der Waals surface area contributed by atoms with Crippen LogP contribution in [0, 0.1) is 16.0 Å². The van der Waals surface area contributed by atoms with Gasteiger partial charge in [-0.05, 0) is 37.7 Å². The Hall–Kier alpha value is -1.17. The molecule has 2 rings (SSSR count). The molecule has 0 aliphatic heterocycles. The molecule has 116 valence electrons. The fourth-order valence-electron chi connectivity index (χ4n) is 2.79. The van der Waals surface area contributed by atoms with Crippen LogP contribution in [0.1, 0.15) is 38.2 Å². The first-order chi connectivity index (χ1) is 9.91. The Bertz CT molecular complexity index is 514. The van der Waals surface area contributed by atoms with Gasteiger partial charge in [-0.15, -0.1) is 0 Å². The zero-order valence-corrected chi connectivity index (χ0v) is 12.9. The molecular weight excluding hydrogens is 292 g/mol. The van der Waals surface area contributed by atoms with Gasteiger partial charge in [-0.1, -0.05) is 24.6 Å². The minimum absolute atomic E-state index is 0.0132. The van der Waals surface area contributed by atoms with Crippen LogP contribution in [0.5, 0.6) is 0 Å². The first-order valence-electron chi connectivity index (χ1n) is 7.26. The first kappa shape index (κ1) is 16.2. The Morgan fingerprint density at radius 2 is 2.14 bits per heavy atom. The molecule has 1 aromatic rings. The standard InChI is InChI=1S/C15H21ClN2O3/c1-11-5-7-15(19,8-6-11)10-17-9-12-13(16)3-2-4-14(12)18(20)21/h2-4,11,17,19H,5-10H2,1H3. The smallest absolute Gasteiger partial charge is 0.275 e.